The third-order valence-corrected chi connectivity index (χ3v) is 4.20. The van der Waals surface area contributed by atoms with Crippen molar-refractivity contribution in [2.45, 2.75) is 6.54 Å². The molecule has 0 aliphatic carbocycles. The van der Waals surface area contributed by atoms with Gasteiger partial charge in [-0.1, -0.05) is 22.0 Å². The molecule has 3 nitrogen and oxygen atoms in total. The fourth-order valence-electron chi connectivity index (χ4n) is 2.48. The number of rotatable bonds is 3. The smallest absolute Gasteiger partial charge is 0.123 e. The Balaban J connectivity index is 2.06. The molecule has 1 heterocycles. The van der Waals surface area contributed by atoms with E-state index in [9.17, 15) is 0 Å². The Morgan fingerprint density at radius 1 is 1.24 bits per heavy atom. The van der Waals surface area contributed by atoms with Crippen LogP contribution in [-0.2, 0) is 6.54 Å². The second-order valence-corrected chi connectivity index (χ2v) is 5.61. The van der Waals surface area contributed by atoms with Gasteiger partial charge in [-0.3, -0.25) is 0 Å². The Hall–Kier alpha value is -2.25. The first kappa shape index (κ1) is 13.7. The van der Waals surface area contributed by atoms with Gasteiger partial charge in [-0.05, 0) is 36.4 Å². The maximum Gasteiger partial charge on any atom is 0.123 e. The summed E-state index contributed by atoms with van der Waals surface area (Å²) in [6.45, 7) is 0.665. The molecule has 0 amide bonds. The number of nitrogens with zero attached hydrogens (tertiary/aromatic N) is 2. The summed E-state index contributed by atoms with van der Waals surface area (Å²) in [4.78, 5) is 0. The molecule has 2 aromatic carbocycles. The molecule has 0 atom stereocenters. The topological polar surface area (TPSA) is 37.9 Å². The number of nitriles is 1. The van der Waals surface area contributed by atoms with Crippen molar-refractivity contribution in [1.29, 1.82) is 5.26 Å². The highest BCUT2D eigenvalue weighted by molar-refractivity contribution is 9.10. The first-order chi connectivity index (χ1) is 10.2. The Bertz CT molecular complexity index is 846. The molecule has 0 fully saturated rings. The Morgan fingerprint density at radius 3 is 2.86 bits per heavy atom. The minimum Gasteiger partial charge on any atom is -0.496 e. The number of fused-ring (bicyclic) bond motifs is 1. The average Bonchev–Trinajstić information content (AvgIpc) is 2.92. The van der Waals surface area contributed by atoms with Gasteiger partial charge < -0.3 is 9.30 Å². The third kappa shape index (κ3) is 2.53. The standard InChI is InChI=1S/C17H13BrN2O/c1-21-17-6-5-12(10-19)9-13(17)11-20-8-7-14-15(18)3-2-4-16(14)20/h2-9H,11H2,1H3. The first-order valence-corrected chi connectivity index (χ1v) is 7.32. The molecule has 0 spiro atoms. The molecule has 104 valence electrons. The van der Waals surface area contributed by atoms with E-state index >= 15 is 0 Å². The van der Waals surface area contributed by atoms with Gasteiger partial charge in [-0.15, -0.1) is 0 Å². The minimum absolute atomic E-state index is 0.642. The molecule has 0 radical (unpaired) electrons. The molecule has 0 N–H and O–H groups in total. The average molecular weight is 341 g/mol. The van der Waals surface area contributed by atoms with Crippen molar-refractivity contribution in [3.63, 3.8) is 0 Å². The zero-order chi connectivity index (χ0) is 14.8. The van der Waals surface area contributed by atoms with Crippen molar-refractivity contribution in [2.24, 2.45) is 0 Å². The van der Waals surface area contributed by atoms with Crippen LogP contribution in [0.3, 0.4) is 0 Å². The zero-order valence-corrected chi connectivity index (χ0v) is 13.1. The summed E-state index contributed by atoms with van der Waals surface area (Å²) in [5, 5.41) is 10.2. The quantitative estimate of drug-likeness (QED) is 0.711. The predicted molar refractivity (Wildman–Crippen MR) is 86.4 cm³/mol. The van der Waals surface area contributed by atoms with E-state index in [-0.39, 0.29) is 0 Å². The maximum atomic E-state index is 9.06. The Morgan fingerprint density at radius 2 is 2.10 bits per heavy atom. The molecule has 0 bridgehead atoms. The first-order valence-electron chi connectivity index (χ1n) is 6.53. The van der Waals surface area contributed by atoms with Gasteiger partial charge in [0.1, 0.15) is 5.75 Å². The van der Waals surface area contributed by atoms with Crippen LogP contribution in [0.4, 0.5) is 0 Å². The van der Waals surface area contributed by atoms with Gasteiger partial charge in [0.05, 0.1) is 25.3 Å². The second-order valence-electron chi connectivity index (χ2n) is 4.75. The van der Waals surface area contributed by atoms with Crippen LogP contribution < -0.4 is 4.74 Å². The van der Waals surface area contributed by atoms with Gasteiger partial charge in [-0.25, -0.2) is 0 Å². The predicted octanol–water partition coefficient (Wildman–Crippen LogP) is 4.33. The van der Waals surface area contributed by atoms with Gasteiger partial charge in [0.25, 0.3) is 0 Å². The van der Waals surface area contributed by atoms with Crippen molar-refractivity contribution in [3.05, 3.63) is 64.3 Å². The number of methoxy groups -OCH3 is 1. The summed E-state index contributed by atoms with van der Waals surface area (Å²) >= 11 is 3.57. The van der Waals surface area contributed by atoms with E-state index in [0.717, 1.165) is 21.3 Å². The van der Waals surface area contributed by atoms with Crippen LogP contribution in [0.5, 0.6) is 5.75 Å². The lowest BCUT2D eigenvalue weighted by molar-refractivity contribution is 0.408. The monoisotopic (exact) mass is 340 g/mol. The van der Waals surface area contributed by atoms with E-state index in [1.807, 2.05) is 30.5 Å². The molecule has 4 heteroatoms. The third-order valence-electron chi connectivity index (χ3n) is 3.51. The van der Waals surface area contributed by atoms with Crippen LogP contribution in [0, 0.1) is 11.3 Å². The van der Waals surface area contributed by atoms with E-state index in [2.05, 4.69) is 38.7 Å². The molecular weight excluding hydrogens is 328 g/mol. The highest BCUT2D eigenvalue weighted by atomic mass is 79.9. The van der Waals surface area contributed by atoms with Crippen LogP contribution in [0.25, 0.3) is 10.9 Å². The van der Waals surface area contributed by atoms with Crippen molar-refractivity contribution in [1.82, 2.24) is 4.57 Å². The normalized spacial score (nSPS) is 10.5. The van der Waals surface area contributed by atoms with Crippen molar-refractivity contribution in [2.75, 3.05) is 7.11 Å². The highest BCUT2D eigenvalue weighted by Gasteiger charge is 2.08. The fourth-order valence-corrected chi connectivity index (χ4v) is 2.97. The maximum absolute atomic E-state index is 9.06. The summed E-state index contributed by atoms with van der Waals surface area (Å²) in [5.41, 5.74) is 2.78. The SMILES string of the molecule is COc1ccc(C#N)cc1Cn1ccc2c(Br)cccc21. The van der Waals surface area contributed by atoms with E-state index in [0.29, 0.717) is 12.1 Å². The molecular formula is C17H13BrN2O. The van der Waals surface area contributed by atoms with Crippen LogP contribution in [0.15, 0.2) is 53.1 Å². The number of benzene rings is 2. The summed E-state index contributed by atoms with van der Waals surface area (Å²) in [6, 6.07) is 15.9. The van der Waals surface area contributed by atoms with E-state index < -0.39 is 0 Å². The van der Waals surface area contributed by atoms with Gasteiger partial charge >= 0.3 is 0 Å². The molecule has 0 aliphatic rings. The van der Waals surface area contributed by atoms with Gasteiger partial charge in [0, 0.05) is 27.1 Å². The van der Waals surface area contributed by atoms with Gasteiger partial charge in [0.2, 0.25) is 0 Å². The van der Waals surface area contributed by atoms with Crippen LogP contribution >= 0.6 is 15.9 Å². The largest absolute Gasteiger partial charge is 0.496 e. The Labute approximate surface area is 131 Å². The number of aromatic nitrogens is 1. The van der Waals surface area contributed by atoms with Gasteiger partial charge in [0.15, 0.2) is 0 Å². The highest BCUT2D eigenvalue weighted by Crippen LogP contribution is 2.27. The lowest BCUT2D eigenvalue weighted by Gasteiger charge is -2.11. The van der Waals surface area contributed by atoms with Crippen molar-refractivity contribution >= 4 is 26.8 Å². The second kappa shape index (κ2) is 5.63. The van der Waals surface area contributed by atoms with Crippen LogP contribution in [0.2, 0.25) is 0 Å². The van der Waals surface area contributed by atoms with E-state index in [1.165, 1.54) is 5.39 Å². The summed E-state index contributed by atoms with van der Waals surface area (Å²) in [5.74, 6) is 0.797. The van der Waals surface area contributed by atoms with E-state index in [4.69, 9.17) is 10.00 Å². The van der Waals surface area contributed by atoms with E-state index in [1.54, 1.807) is 13.2 Å². The summed E-state index contributed by atoms with van der Waals surface area (Å²) in [6.07, 6.45) is 2.05. The minimum atomic E-state index is 0.642. The molecule has 21 heavy (non-hydrogen) atoms. The number of hydrogen-bond donors (Lipinski definition) is 0. The molecule has 0 aliphatic heterocycles. The molecule has 0 unspecified atom stereocenters. The van der Waals surface area contributed by atoms with Crippen LogP contribution in [-0.4, -0.2) is 11.7 Å². The molecule has 1 aromatic heterocycles. The molecule has 3 rings (SSSR count). The fraction of sp³-hybridized carbons (Fsp3) is 0.118. The number of halogens is 1. The van der Waals surface area contributed by atoms with Crippen LogP contribution in [0.1, 0.15) is 11.1 Å². The lowest BCUT2D eigenvalue weighted by Crippen LogP contribution is -2.01. The number of hydrogen-bond acceptors (Lipinski definition) is 2. The van der Waals surface area contributed by atoms with Crippen molar-refractivity contribution in [3.8, 4) is 11.8 Å². The van der Waals surface area contributed by atoms with Gasteiger partial charge in [-0.2, -0.15) is 5.26 Å². The summed E-state index contributed by atoms with van der Waals surface area (Å²) in [7, 11) is 1.65. The lowest BCUT2D eigenvalue weighted by atomic mass is 10.1. The van der Waals surface area contributed by atoms with Crippen molar-refractivity contribution < 1.29 is 4.74 Å². The molecule has 3 aromatic rings. The molecule has 0 saturated heterocycles. The zero-order valence-electron chi connectivity index (χ0n) is 11.5. The Kier molecular flexibility index (Phi) is 3.68. The number of ether oxygens (including phenoxy) is 1. The molecule has 0 saturated carbocycles. The summed E-state index contributed by atoms with van der Waals surface area (Å²) < 4.78 is 8.63.